The molecule has 2 unspecified atom stereocenters. The zero-order valence-electron chi connectivity index (χ0n) is 15.9. The highest BCUT2D eigenvalue weighted by Crippen LogP contribution is 2.48. The molecule has 0 aromatic heterocycles. The maximum Gasteiger partial charge on any atom is 0.132 e. The predicted octanol–water partition coefficient (Wildman–Crippen LogP) is 0.999. The number of rotatable bonds is 5. The molecule has 0 aromatic carbocycles. The quantitative estimate of drug-likeness (QED) is 0.478. The van der Waals surface area contributed by atoms with Crippen molar-refractivity contribution in [3.8, 4) is 0 Å². The fourth-order valence-electron chi connectivity index (χ4n) is 4.74. The second kappa shape index (κ2) is 8.64. The van der Waals surface area contributed by atoms with Crippen molar-refractivity contribution >= 4 is 11.8 Å². The van der Waals surface area contributed by atoms with E-state index in [1.165, 1.54) is 43.9 Å². The van der Waals surface area contributed by atoms with Crippen LogP contribution in [-0.4, -0.2) is 74.2 Å². The molecule has 2 saturated carbocycles. The smallest absolute Gasteiger partial charge is 0.132 e. The van der Waals surface area contributed by atoms with Crippen LogP contribution in [0, 0.1) is 5.41 Å². The molecule has 1 heterocycles. The van der Waals surface area contributed by atoms with Crippen LogP contribution in [0.25, 0.3) is 0 Å². The maximum atomic E-state index is 10.3. The van der Waals surface area contributed by atoms with E-state index in [1.54, 1.807) is 0 Å². The van der Waals surface area contributed by atoms with Crippen molar-refractivity contribution in [3.05, 3.63) is 0 Å². The molecule has 7 heteroatoms. The van der Waals surface area contributed by atoms with Gasteiger partial charge in [-0.25, -0.2) is 0 Å². The Kier molecular flexibility index (Phi) is 6.92. The van der Waals surface area contributed by atoms with Crippen molar-refractivity contribution in [1.29, 1.82) is 0 Å². The van der Waals surface area contributed by atoms with Crippen LogP contribution < -0.4 is 5.32 Å². The largest absolute Gasteiger partial charge is 0.394 e. The summed E-state index contributed by atoms with van der Waals surface area (Å²) in [7, 11) is 0. The van der Waals surface area contributed by atoms with Crippen LogP contribution in [0.3, 0.4) is 0 Å². The molecule has 6 nitrogen and oxygen atoms in total. The third-order valence-corrected chi connectivity index (χ3v) is 8.18. The SMILES string of the molecule is CC1(C)CC(NC2CCCCC2)CC1S[C@@H]1O[C@H](CO)[C@H](O)[C@H](O)[C@H]1O. The number of hydrogen-bond acceptors (Lipinski definition) is 7. The Hall–Kier alpha value is 0.110. The Labute approximate surface area is 160 Å². The van der Waals surface area contributed by atoms with E-state index in [4.69, 9.17) is 4.74 Å². The number of aliphatic hydroxyl groups excluding tert-OH is 4. The van der Waals surface area contributed by atoms with Gasteiger partial charge in [-0.2, -0.15) is 0 Å². The lowest BCUT2D eigenvalue weighted by Gasteiger charge is -2.41. The Morgan fingerprint density at radius 1 is 1.00 bits per heavy atom. The monoisotopic (exact) mass is 389 g/mol. The summed E-state index contributed by atoms with van der Waals surface area (Å²) in [5, 5.41) is 43.8. The van der Waals surface area contributed by atoms with Crippen molar-refractivity contribution < 1.29 is 25.2 Å². The molecule has 5 N–H and O–H groups in total. The van der Waals surface area contributed by atoms with Gasteiger partial charge in [-0.3, -0.25) is 0 Å². The number of thioether (sulfide) groups is 1. The molecule has 1 saturated heterocycles. The average Bonchev–Trinajstić information content (AvgIpc) is 2.89. The highest BCUT2D eigenvalue weighted by molar-refractivity contribution is 8.00. The minimum atomic E-state index is -1.29. The molecular weight excluding hydrogens is 354 g/mol. The van der Waals surface area contributed by atoms with Crippen molar-refractivity contribution in [2.24, 2.45) is 5.41 Å². The second-order valence-electron chi connectivity index (χ2n) is 8.95. The molecular formula is C19H35NO5S. The van der Waals surface area contributed by atoms with Crippen LogP contribution in [0.5, 0.6) is 0 Å². The van der Waals surface area contributed by atoms with Gasteiger partial charge in [0.05, 0.1) is 6.61 Å². The summed E-state index contributed by atoms with van der Waals surface area (Å²) in [5.74, 6) is 0. The van der Waals surface area contributed by atoms with Gasteiger partial charge < -0.3 is 30.5 Å². The lowest BCUT2D eigenvalue weighted by atomic mass is 9.90. The normalized spacial score (nSPS) is 44.3. The molecule has 0 radical (unpaired) electrons. The highest BCUT2D eigenvalue weighted by Gasteiger charge is 2.48. The van der Waals surface area contributed by atoms with Crippen molar-refractivity contribution in [1.82, 2.24) is 5.32 Å². The zero-order valence-corrected chi connectivity index (χ0v) is 16.7. The van der Waals surface area contributed by atoms with Crippen molar-refractivity contribution in [3.63, 3.8) is 0 Å². The Morgan fingerprint density at radius 2 is 1.69 bits per heavy atom. The number of nitrogens with one attached hydrogen (secondary N) is 1. The van der Waals surface area contributed by atoms with E-state index in [9.17, 15) is 20.4 Å². The van der Waals surface area contributed by atoms with E-state index in [-0.39, 0.29) is 17.3 Å². The van der Waals surface area contributed by atoms with E-state index in [2.05, 4.69) is 19.2 Å². The molecule has 0 spiro atoms. The van der Waals surface area contributed by atoms with E-state index < -0.39 is 29.9 Å². The molecule has 0 bridgehead atoms. The minimum Gasteiger partial charge on any atom is -0.394 e. The summed E-state index contributed by atoms with van der Waals surface area (Å²) in [4.78, 5) is 0. The number of ether oxygens (including phenoxy) is 1. The predicted molar refractivity (Wildman–Crippen MR) is 102 cm³/mol. The van der Waals surface area contributed by atoms with Gasteiger partial charge in [-0.1, -0.05) is 33.1 Å². The Balaban J connectivity index is 1.59. The van der Waals surface area contributed by atoms with Gasteiger partial charge in [-0.15, -0.1) is 11.8 Å². The van der Waals surface area contributed by atoms with Crippen LogP contribution >= 0.6 is 11.8 Å². The van der Waals surface area contributed by atoms with Crippen LogP contribution in [0.1, 0.15) is 58.8 Å². The summed E-state index contributed by atoms with van der Waals surface area (Å²) < 4.78 is 5.70. The van der Waals surface area contributed by atoms with E-state index in [1.807, 2.05) is 0 Å². The lowest BCUT2D eigenvalue weighted by molar-refractivity contribution is -0.205. The third kappa shape index (κ3) is 4.57. The molecule has 7 atom stereocenters. The topological polar surface area (TPSA) is 102 Å². The van der Waals surface area contributed by atoms with E-state index in [0.717, 1.165) is 12.8 Å². The van der Waals surface area contributed by atoms with E-state index in [0.29, 0.717) is 12.1 Å². The first-order valence-electron chi connectivity index (χ1n) is 10.0. The van der Waals surface area contributed by atoms with Crippen molar-refractivity contribution in [2.75, 3.05) is 6.61 Å². The average molecular weight is 390 g/mol. The molecule has 3 fully saturated rings. The first-order chi connectivity index (χ1) is 12.3. The van der Waals surface area contributed by atoms with Crippen LogP contribution in [-0.2, 0) is 4.74 Å². The Bertz CT molecular complexity index is 457. The van der Waals surface area contributed by atoms with Gasteiger partial charge in [0.1, 0.15) is 29.9 Å². The zero-order chi connectivity index (χ0) is 18.9. The molecule has 1 aliphatic heterocycles. The summed E-state index contributed by atoms with van der Waals surface area (Å²) in [6, 6.07) is 1.09. The van der Waals surface area contributed by atoms with E-state index >= 15 is 0 Å². The molecule has 0 amide bonds. The van der Waals surface area contributed by atoms with Gasteiger partial charge >= 0.3 is 0 Å². The molecule has 0 aromatic rings. The fourth-order valence-corrected chi connectivity index (χ4v) is 6.40. The van der Waals surface area contributed by atoms with Crippen LogP contribution in [0.4, 0.5) is 0 Å². The lowest BCUT2D eigenvalue weighted by Crippen LogP contribution is -2.58. The summed E-state index contributed by atoms with van der Waals surface area (Å²) in [6.07, 6.45) is 4.04. The van der Waals surface area contributed by atoms with Gasteiger partial charge in [0, 0.05) is 17.3 Å². The summed E-state index contributed by atoms with van der Waals surface area (Å²) in [6.45, 7) is 4.12. The second-order valence-corrected chi connectivity index (χ2v) is 10.3. The first-order valence-corrected chi connectivity index (χ1v) is 11.0. The minimum absolute atomic E-state index is 0.0931. The number of aliphatic hydroxyl groups is 4. The maximum absolute atomic E-state index is 10.3. The van der Waals surface area contributed by atoms with Gasteiger partial charge in [0.2, 0.25) is 0 Å². The first kappa shape index (κ1) is 20.8. The van der Waals surface area contributed by atoms with Gasteiger partial charge in [0.15, 0.2) is 0 Å². The fraction of sp³-hybridized carbons (Fsp3) is 1.00. The highest BCUT2D eigenvalue weighted by atomic mass is 32.2. The Morgan fingerprint density at radius 3 is 2.35 bits per heavy atom. The summed E-state index contributed by atoms with van der Waals surface area (Å²) >= 11 is 1.54. The molecule has 2 aliphatic carbocycles. The molecule has 3 rings (SSSR count). The molecule has 152 valence electrons. The van der Waals surface area contributed by atoms with Gasteiger partial charge in [0.25, 0.3) is 0 Å². The third-order valence-electron chi connectivity index (χ3n) is 6.37. The standard InChI is InChI=1S/C19H35NO5S/c1-19(2)9-12(20-11-6-4-3-5-7-11)8-14(19)26-18-17(24)16(23)15(22)13(10-21)25-18/h11-18,20-24H,3-10H2,1-2H3/t12?,13-,14?,15+,16+,17-,18+/m1/s1. The summed E-state index contributed by atoms with van der Waals surface area (Å²) in [5.41, 5.74) is -0.543. The number of hydrogen-bond donors (Lipinski definition) is 5. The van der Waals surface area contributed by atoms with Gasteiger partial charge in [-0.05, 0) is 31.1 Å². The van der Waals surface area contributed by atoms with Crippen LogP contribution in [0.15, 0.2) is 0 Å². The molecule has 3 aliphatic rings. The van der Waals surface area contributed by atoms with Crippen molar-refractivity contribution in [2.45, 2.75) is 106 Å². The molecule has 26 heavy (non-hydrogen) atoms. The van der Waals surface area contributed by atoms with Crippen LogP contribution in [0.2, 0.25) is 0 Å².